The van der Waals surface area contributed by atoms with E-state index < -0.39 is 5.60 Å². The molecule has 0 saturated heterocycles. The van der Waals surface area contributed by atoms with E-state index in [1.807, 2.05) is 50.3 Å². The highest BCUT2D eigenvalue weighted by Crippen LogP contribution is 2.31. The van der Waals surface area contributed by atoms with Gasteiger partial charge in [-0.05, 0) is 67.9 Å². The van der Waals surface area contributed by atoms with Gasteiger partial charge in [0.1, 0.15) is 6.33 Å². The minimum absolute atomic E-state index is 0.0509. The number of hydrogen-bond donors (Lipinski definition) is 2. The van der Waals surface area contributed by atoms with Crippen LogP contribution in [0.4, 0.5) is 0 Å². The zero-order chi connectivity index (χ0) is 32.0. The summed E-state index contributed by atoms with van der Waals surface area (Å²) in [5.74, 6) is 0.421. The number of nitrogens with one attached hydrogen (secondary N) is 1. The Labute approximate surface area is 266 Å². The highest BCUT2D eigenvalue weighted by atomic mass is 16.3. The van der Waals surface area contributed by atoms with E-state index in [0.29, 0.717) is 42.9 Å². The number of hydrazone groups is 1. The topological polar surface area (TPSA) is 132 Å². The summed E-state index contributed by atoms with van der Waals surface area (Å²) in [6, 6.07) is 16.1. The van der Waals surface area contributed by atoms with Crippen molar-refractivity contribution in [3.63, 3.8) is 0 Å². The molecule has 0 bridgehead atoms. The third-order valence-corrected chi connectivity index (χ3v) is 8.83. The normalized spacial score (nSPS) is 16.5. The molecule has 1 amide bonds. The summed E-state index contributed by atoms with van der Waals surface area (Å²) in [7, 11) is 0. The van der Waals surface area contributed by atoms with Crippen LogP contribution in [0.5, 0.6) is 0 Å². The molecule has 0 saturated carbocycles. The lowest BCUT2D eigenvalue weighted by Gasteiger charge is -2.25. The molecule has 0 fully saturated rings. The van der Waals surface area contributed by atoms with Crippen molar-refractivity contribution < 1.29 is 9.90 Å². The molecule has 1 aliphatic carbocycles. The monoisotopic (exact) mass is 618 g/mol. The number of aromatic nitrogens is 6. The zero-order valence-electron chi connectivity index (χ0n) is 26.4. The first-order valence-electron chi connectivity index (χ1n) is 16.0. The fraction of sp³-hybridized carbons (Fsp3) is 0.371. The number of aliphatic hydroxyl groups is 1. The molecule has 5 aromatic rings. The number of aryl methyl sites for hydroxylation is 2. The van der Waals surface area contributed by atoms with E-state index in [4.69, 9.17) is 5.10 Å². The van der Waals surface area contributed by atoms with Gasteiger partial charge < -0.3 is 5.11 Å². The van der Waals surface area contributed by atoms with E-state index in [9.17, 15) is 14.7 Å². The summed E-state index contributed by atoms with van der Waals surface area (Å²) < 4.78 is 5.49. The molecule has 7 rings (SSSR count). The van der Waals surface area contributed by atoms with Crippen molar-refractivity contribution in [3.8, 4) is 11.1 Å². The van der Waals surface area contributed by atoms with Gasteiger partial charge in [-0.2, -0.15) is 20.3 Å². The molecule has 2 N–H and O–H groups in total. The number of carbonyl (C=O) groups excluding carboxylic acids is 1. The van der Waals surface area contributed by atoms with Gasteiger partial charge in [0.05, 0.1) is 35.7 Å². The molecule has 1 aliphatic heterocycles. The number of carbonyl (C=O) groups is 1. The Kier molecular flexibility index (Phi) is 7.64. The average Bonchev–Trinajstić information content (AvgIpc) is 3.78. The van der Waals surface area contributed by atoms with Gasteiger partial charge in [0.25, 0.3) is 5.56 Å². The predicted octanol–water partition coefficient (Wildman–Crippen LogP) is 4.02. The van der Waals surface area contributed by atoms with Crippen LogP contribution in [-0.2, 0) is 37.0 Å². The van der Waals surface area contributed by atoms with Crippen molar-refractivity contribution in [1.29, 1.82) is 0 Å². The highest BCUT2D eigenvalue weighted by Gasteiger charge is 2.29. The van der Waals surface area contributed by atoms with Crippen LogP contribution in [0.25, 0.3) is 16.9 Å². The Morgan fingerprint density at radius 3 is 2.65 bits per heavy atom. The fourth-order valence-electron chi connectivity index (χ4n) is 6.85. The molecule has 11 heteroatoms. The second-order valence-corrected chi connectivity index (χ2v) is 13.0. The minimum atomic E-state index is -0.877. The summed E-state index contributed by atoms with van der Waals surface area (Å²) in [5.41, 5.74) is 9.88. The molecule has 0 spiro atoms. The number of rotatable bonds is 9. The first-order chi connectivity index (χ1) is 22.2. The third kappa shape index (κ3) is 5.66. The molecule has 236 valence electrons. The summed E-state index contributed by atoms with van der Waals surface area (Å²) in [5, 5.41) is 24.0. The Hall–Kier alpha value is -4.90. The average molecular weight is 619 g/mol. The van der Waals surface area contributed by atoms with Crippen molar-refractivity contribution >= 4 is 17.4 Å². The lowest BCUT2D eigenvalue weighted by Crippen LogP contribution is -2.34. The Balaban J connectivity index is 1.30. The lowest BCUT2D eigenvalue weighted by molar-refractivity contribution is -0.119. The van der Waals surface area contributed by atoms with Crippen molar-refractivity contribution in [3.05, 3.63) is 105 Å². The predicted molar refractivity (Wildman–Crippen MR) is 175 cm³/mol. The van der Waals surface area contributed by atoms with Crippen molar-refractivity contribution in [2.45, 2.75) is 83.9 Å². The standard InChI is InChI=1S/C35H38N8O3/c1-4-8-31-28(16-22-11-13-26(23-9-6-5-7-10-23)27(15-22)30-18-32(44)39-38-30)33(45)42(34-36-21-37-43(31)34)25-12-14-29-24(17-25)19-41(40-29)20-35(2,3)46/h5-7,9-11,13,15,19,21,25,46H,4,8,12,14,16-18,20H2,1-3H3,(H,39,44). The minimum Gasteiger partial charge on any atom is -0.389 e. The summed E-state index contributed by atoms with van der Waals surface area (Å²) in [6.45, 7) is 6.04. The Bertz CT molecular complexity index is 2030. The maximum Gasteiger partial charge on any atom is 0.259 e. The van der Waals surface area contributed by atoms with Crippen LogP contribution in [0.15, 0.2) is 71.0 Å². The van der Waals surface area contributed by atoms with Gasteiger partial charge in [-0.25, -0.2) is 9.94 Å². The van der Waals surface area contributed by atoms with Crippen LogP contribution in [-0.4, -0.2) is 51.3 Å². The van der Waals surface area contributed by atoms with E-state index >= 15 is 0 Å². The Morgan fingerprint density at radius 2 is 1.91 bits per heavy atom. The van der Waals surface area contributed by atoms with Crippen molar-refractivity contribution in [1.82, 2.24) is 34.4 Å². The molecule has 46 heavy (non-hydrogen) atoms. The molecule has 11 nitrogen and oxygen atoms in total. The molecule has 3 aromatic heterocycles. The summed E-state index contributed by atoms with van der Waals surface area (Å²) >= 11 is 0. The second-order valence-electron chi connectivity index (χ2n) is 13.0. The van der Waals surface area contributed by atoms with Gasteiger partial charge in [0.15, 0.2) is 0 Å². The molecule has 4 heterocycles. The maximum absolute atomic E-state index is 14.6. The smallest absolute Gasteiger partial charge is 0.259 e. The highest BCUT2D eigenvalue weighted by molar-refractivity contribution is 6.16. The largest absolute Gasteiger partial charge is 0.389 e. The molecule has 1 atom stereocenters. The molecule has 2 aliphatic rings. The quantitative estimate of drug-likeness (QED) is 0.257. The van der Waals surface area contributed by atoms with E-state index in [1.165, 1.54) is 6.33 Å². The number of benzene rings is 2. The van der Waals surface area contributed by atoms with E-state index in [0.717, 1.165) is 58.5 Å². The van der Waals surface area contributed by atoms with E-state index in [-0.39, 0.29) is 23.9 Å². The maximum atomic E-state index is 14.6. The first-order valence-corrected chi connectivity index (χ1v) is 16.0. The summed E-state index contributed by atoms with van der Waals surface area (Å²) in [4.78, 5) is 31.3. The van der Waals surface area contributed by atoms with Crippen molar-refractivity contribution in [2.24, 2.45) is 5.10 Å². The van der Waals surface area contributed by atoms with Gasteiger partial charge in [-0.15, -0.1) is 0 Å². The van der Waals surface area contributed by atoms with Gasteiger partial charge in [-0.3, -0.25) is 18.8 Å². The van der Waals surface area contributed by atoms with Crippen molar-refractivity contribution in [2.75, 3.05) is 0 Å². The second kappa shape index (κ2) is 11.8. The number of fused-ring (bicyclic) bond motifs is 2. The Morgan fingerprint density at radius 1 is 1.09 bits per heavy atom. The first kappa shape index (κ1) is 29.8. The molecular formula is C35H38N8O3. The third-order valence-electron chi connectivity index (χ3n) is 8.83. The zero-order valence-corrected chi connectivity index (χ0v) is 26.4. The lowest BCUT2D eigenvalue weighted by atomic mass is 9.91. The van der Waals surface area contributed by atoms with Crippen LogP contribution in [0.1, 0.15) is 79.7 Å². The number of nitrogens with zero attached hydrogens (tertiary/aromatic N) is 7. The number of amides is 1. The fourth-order valence-corrected chi connectivity index (χ4v) is 6.85. The van der Waals surface area contributed by atoms with E-state index in [1.54, 1.807) is 13.8 Å². The molecule has 2 aromatic carbocycles. The summed E-state index contributed by atoms with van der Waals surface area (Å²) in [6.07, 6.45) is 7.80. The molecular weight excluding hydrogens is 580 g/mol. The van der Waals surface area contributed by atoms with Gasteiger partial charge in [0, 0.05) is 29.8 Å². The van der Waals surface area contributed by atoms with Gasteiger partial charge in [-0.1, -0.05) is 55.8 Å². The van der Waals surface area contributed by atoms with Crippen LogP contribution in [0, 0.1) is 0 Å². The van der Waals surface area contributed by atoms with Crippen LogP contribution < -0.4 is 11.0 Å². The van der Waals surface area contributed by atoms with Crippen LogP contribution in [0.3, 0.4) is 0 Å². The molecule has 0 radical (unpaired) electrons. The van der Waals surface area contributed by atoms with E-state index in [2.05, 4.69) is 45.7 Å². The SMILES string of the molecule is CCCc1c(Cc2ccc(-c3ccccc3)c(C3=NNC(=O)C3)c2)c(=O)n(C2CCc3nn(CC(C)(C)O)cc3C2)c2ncnn12. The number of hydrogen-bond acceptors (Lipinski definition) is 7. The van der Waals surface area contributed by atoms with Crippen LogP contribution in [0.2, 0.25) is 0 Å². The van der Waals surface area contributed by atoms with Gasteiger partial charge in [0.2, 0.25) is 11.7 Å². The van der Waals surface area contributed by atoms with Gasteiger partial charge >= 0.3 is 0 Å². The molecule has 1 unspecified atom stereocenters. The van der Waals surface area contributed by atoms with Crippen LogP contribution >= 0.6 is 0 Å².